The van der Waals surface area contributed by atoms with Crippen LogP contribution in [0.15, 0.2) is 22.7 Å². The molecule has 2 aliphatic rings. The Bertz CT molecular complexity index is 810. The zero-order valence-corrected chi connectivity index (χ0v) is 14.2. The molecule has 1 saturated heterocycles. The third-order valence-corrected chi connectivity index (χ3v) is 4.97. The highest BCUT2D eigenvalue weighted by molar-refractivity contribution is 5.34. The molecule has 1 aliphatic carbocycles. The van der Waals surface area contributed by atoms with Crippen LogP contribution in [0.1, 0.15) is 47.6 Å². The van der Waals surface area contributed by atoms with E-state index in [4.69, 9.17) is 9.78 Å². The summed E-state index contributed by atoms with van der Waals surface area (Å²) in [5.74, 6) is 1.51. The lowest BCUT2D eigenvalue weighted by atomic mass is 10.1. The Hall–Kier alpha value is -2.30. The lowest BCUT2D eigenvalue weighted by molar-refractivity contribution is 0.0714. The van der Waals surface area contributed by atoms with Crippen molar-refractivity contribution < 1.29 is 8.91 Å². The Kier molecular flexibility index (Phi) is 4.24. The second-order valence-electron chi connectivity index (χ2n) is 6.92. The molecule has 1 aliphatic heterocycles. The standard InChI is InChI=1S/C18H20FN5O/c1-23-6-7-24(10-12-2-5-15(19)14(8-12)9-20)11-16(23)18-21-17(22-25-18)13-3-4-13/h2,5,8,13,16H,3-4,6-7,10-11H2,1H3/t16-/m0/s1. The first kappa shape index (κ1) is 16.2. The minimum Gasteiger partial charge on any atom is -0.338 e. The van der Waals surface area contributed by atoms with Crippen LogP contribution < -0.4 is 0 Å². The number of nitriles is 1. The van der Waals surface area contributed by atoms with E-state index >= 15 is 0 Å². The molecule has 2 heterocycles. The number of nitrogens with zero attached hydrogens (tertiary/aromatic N) is 5. The zero-order valence-electron chi connectivity index (χ0n) is 14.2. The largest absolute Gasteiger partial charge is 0.338 e. The summed E-state index contributed by atoms with van der Waals surface area (Å²) in [6.45, 7) is 3.22. The summed E-state index contributed by atoms with van der Waals surface area (Å²) >= 11 is 0. The molecule has 6 nitrogen and oxygen atoms in total. The number of likely N-dealkylation sites (N-methyl/N-ethyl adjacent to an activating group) is 1. The fraction of sp³-hybridized carbons (Fsp3) is 0.500. The average Bonchev–Trinajstić information content (AvgIpc) is 3.36. The molecule has 0 amide bonds. The van der Waals surface area contributed by atoms with E-state index in [0.29, 0.717) is 18.4 Å². The highest BCUT2D eigenvalue weighted by atomic mass is 19.1. The van der Waals surface area contributed by atoms with Gasteiger partial charge in [0.25, 0.3) is 0 Å². The zero-order chi connectivity index (χ0) is 17.4. The number of benzene rings is 1. The second kappa shape index (κ2) is 6.54. The Morgan fingerprint density at radius 1 is 1.36 bits per heavy atom. The van der Waals surface area contributed by atoms with Crippen molar-refractivity contribution in [1.82, 2.24) is 19.9 Å². The summed E-state index contributed by atoms with van der Waals surface area (Å²) in [6, 6.07) is 6.68. The molecule has 25 heavy (non-hydrogen) atoms. The van der Waals surface area contributed by atoms with Crippen LogP contribution in [-0.4, -0.2) is 46.6 Å². The van der Waals surface area contributed by atoms with Crippen LogP contribution in [0.3, 0.4) is 0 Å². The van der Waals surface area contributed by atoms with Gasteiger partial charge in [-0.05, 0) is 37.6 Å². The SMILES string of the molecule is CN1CCN(Cc2ccc(F)c(C#N)c2)C[C@H]1c1nc(C2CC2)no1. The van der Waals surface area contributed by atoms with Crippen LogP contribution >= 0.6 is 0 Å². The van der Waals surface area contributed by atoms with Crippen LogP contribution in [0, 0.1) is 17.1 Å². The maximum absolute atomic E-state index is 13.5. The molecule has 1 atom stereocenters. The number of hydrogen-bond donors (Lipinski definition) is 0. The van der Waals surface area contributed by atoms with Gasteiger partial charge in [-0.25, -0.2) is 4.39 Å². The summed E-state index contributed by atoms with van der Waals surface area (Å²) in [5.41, 5.74) is 1.03. The van der Waals surface area contributed by atoms with E-state index in [0.717, 1.165) is 43.9 Å². The van der Waals surface area contributed by atoms with Crippen LogP contribution in [0.5, 0.6) is 0 Å². The van der Waals surface area contributed by atoms with Crippen molar-refractivity contribution in [2.45, 2.75) is 31.3 Å². The van der Waals surface area contributed by atoms with E-state index in [9.17, 15) is 4.39 Å². The number of aromatic nitrogens is 2. The van der Waals surface area contributed by atoms with Crippen LogP contribution in [0.2, 0.25) is 0 Å². The first-order chi connectivity index (χ1) is 12.1. The molecular weight excluding hydrogens is 321 g/mol. The van der Waals surface area contributed by atoms with Gasteiger partial charge < -0.3 is 4.52 Å². The van der Waals surface area contributed by atoms with Gasteiger partial charge in [0.1, 0.15) is 17.9 Å². The number of halogens is 1. The van der Waals surface area contributed by atoms with Crippen molar-refractivity contribution in [3.63, 3.8) is 0 Å². The van der Waals surface area contributed by atoms with Crippen molar-refractivity contribution in [2.75, 3.05) is 26.7 Å². The number of rotatable bonds is 4. The monoisotopic (exact) mass is 341 g/mol. The maximum Gasteiger partial charge on any atom is 0.245 e. The van der Waals surface area contributed by atoms with Crippen molar-refractivity contribution in [1.29, 1.82) is 5.26 Å². The van der Waals surface area contributed by atoms with Crippen molar-refractivity contribution >= 4 is 0 Å². The molecule has 7 heteroatoms. The molecule has 2 aromatic rings. The molecule has 4 rings (SSSR count). The highest BCUT2D eigenvalue weighted by Gasteiger charge is 2.33. The van der Waals surface area contributed by atoms with E-state index < -0.39 is 5.82 Å². The Labute approximate surface area is 145 Å². The van der Waals surface area contributed by atoms with Gasteiger partial charge in [0.05, 0.1) is 5.56 Å². The average molecular weight is 341 g/mol. The summed E-state index contributed by atoms with van der Waals surface area (Å²) in [5, 5.41) is 13.1. The summed E-state index contributed by atoms with van der Waals surface area (Å²) in [7, 11) is 2.06. The molecule has 130 valence electrons. The van der Waals surface area contributed by atoms with Gasteiger partial charge in [-0.2, -0.15) is 10.2 Å². The molecule has 1 aromatic heterocycles. The summed E-state index contributed by atoms with van der Waals surface area (Å²) in [6.07, 6.45) is 2.30. The molecule has 2 fully saturated rings. The maximum atomic E-state index is 13.5. The summed E-state index contributed by atoms with van der Waals surface area (Å²) in [4.78, 5) is 9.09. The molecule has 0 spiro atoms. The quantitative estimate of drug-likeness (QED) is 0.851. The topological polar surface area (TPSA) is 69.2 Å². The predicted molar refractivity (Wildman–Crippen MR) is 88.0 cm³/mol. The third-order valence-electron chi connectivity index (χ3n) is 4.97. The van der Waals surface area contributed by atoms with E-state index in [-0.39, 0.29) is 11.6 Å². The highest BCUT2D eigenvalue weighted by Crippen LogP contribution is 2.38. The lowest BCUT2D eigenvalue weighted by Gasteiger charge is -2.37. The second-order valence-corrected chi connectivity index (χ2v) is 6.92. The van der Waals surface area contributed by atoms with Crippen molar-refractivity contribution in [2.24, 2.45) is 0 Å². The van der Waals surface area contributed by atoms with E-state index in [1.54, 1.807) is 12.1 Å². The van der Waals surface area contributed by atoms with E-state index in [1.807, 2.05) is 6.07 Å². The van der Waals surface area contributed by atoms with Gasteiger partial charge in [-0.3, -0.25) is 9.80 Å². The van der Waals surface area contributed by atoms with Gasteiger partial charge in [-0.1, -0.05) is 11.2 Å². The van der Waals surface area contributed by atoms with Crippen LogP contribution in [-0.2, 0) is 6.54 Å². The molecule has 0 N–H and O–H groups in total. The minimum absolute atomic E-state index is 0.0598. The first-order valence-electron chi connectivity index (χ1n) is 8.58. The van der Waals surface area contributed by atoms with Gasteiger partial charge in [0.2, 0.25) is 5.89 Å². The van der Waals surface area contributed by atoms with Gasteiger partial charge in [0, 0.05) is 32.1 Å². The fourth-order valence-electron chi connectivity index (χ4n) is 3.25. The van der Waals surface area contributed by atoms with Gasteiger partial charge >= 0.3 is 0 Å². The number of hydrogen-bond acceptors (Lipinski definition) is 6. The fourth-order valence-corrected chi connectivity index (χ4v) is 3.25. The number of piperazine rings is 1. The molecular formula is C18H20FN5O. The Balaban J connectivity index is 1.47. The molecule has 0 unspecified atom stereocenters. The van der Waals surface area contributed by atoms with E-state index in [1.165, 1.54) is 6.07 Å². The summed E-state index contributed by atoms with van der Waals surface area (Å²) < 4.78 is 19.0. The Morgan fingerprint density at radius 3 is 2.96 bits per heavy atom. The lowest BCUT2D eigenvalue weighted by Crippen LogP contribution is -2.46. The first-order valence-corrected chi connectivity index (χ1v) is 8.58. The van der Waals surface area contributed by atoms with Crippen LogP contribution in [0.4, 0.5) is 4.39 Å². The van der Waals surface area contributed by atoms with Crippen LogP contribution in [0.25, 0.3) is 0 Å². The third kappa shape index (κ3) is 3.41. The normalized spacial score (nSPS) is 22.0. The Morgan fingerprint density at radius 2 is 2.20 bits per heavy atom. The van der Waals surface area contributed by atoms with Gasteiger partial charge in [-0.15, -0.1) is 0 Å². The molecule has 1 aromatic carbocycles. The van der Waals surface area contributed by atoms with Gasteiger partial charge in [0.15, 0.2) is 5.82 Å². The van der Waals surface area contributed by atoms with E-state index in [2.05, 4.69) is 27.0 Å². The minimum atomic E-state index is -0.471. The van der Waals surface area contributed by atoms with Crippen molar-refractivity contribution in [3.8, 4) is 6.07 Å². The predicted octanol–water partition coefficient (Wildman–Crippen LogP) is 2.45. The molecule has 1 saturated carbocycles. The molecule has 0 radical (unpaired) electrons. The molecule has 0 bridgehead atoms. The smallest absolute Gasteiger partial charge is 0.245 e. The van der Waals surface area contributed by atoms with Crippen molar-refractivity contribution in [3.05, 3.63) is 46.9 Å².